The Balaban J connectivity index is 1.76. The molecule has 0 aliphatic carbocycles. The highest BCUT2D eigenvalue weighted by Gasteiger charge is 2.34. The molecule has 2 amide bonds. The van der Waals surface area contributed by atoms with Crippen molar-refractivity contribution in [2.24, 2.45) is 0 Å². The molecule has 46 heavy (non-hydrogen) atoms. The summed E-state index contributed by atoms with van der Waals surface area (Å²) in [6.45, 7) is 4.15. The smallest absolute Gasteiger partial charge is 0.264 e. The van der Waals surface area contributed by atoms with E-state index in [1.165, 1.54) is 29.2 Å². The monoisotopic (exact) mass is 645 g/mol. The van der Waals surface area contributed by atoms with Crippen LogP contribution in [0.1, 0.15) is 37.8 Å². The van der Waals surface area contributed by atoms with Gasteiger partial charge in [-0.25, -0.2) is 12.8 Å². The van der Waals surface area contributed by atoms with Crippen LogP contribution in [0.3, 0.4) is 0 Å². The predicted molar refractivity (Wildman–Crippen MR) is 177 cm³/mol. The van der Waals surface area contributed by atoms with Gasteiger partial charge in [-0.2, -0.15) is 0 Å². The second-order valence-corrected chi connectivity index (χ2v) is 12.6. The van der Waals surface area contributed by atoms with Crippen molar-refractivity contribution in [3.8, 4) is 5.75 Å². The van der Waals surface area contributed by atoms with Crippen molar-refractivity contribution in [3.63, 3.8) is 0 Å². The van der Waals surface area contributed by atoms with E-state index in [0.717, 1.165) is 40.4 Å². The number of hydrogen-bond acceptors (Lipinski definition) is 5. The molecule has 0 aromatic heterocycles. The molecule has 0 fully saturated rings. The van der Waals surface area contributed by atoms with Gasteiger partial charge in [-0.15, -0.1) is 0 Å². The number of amides is 2. The Labute approximate surface area is 270 Å². The van der Waals surface area contributed by atoms with Crippen LogP contribution in [0.15, 0.2) is 114 Å². The molecule has 242 valence electrons. The maximum atomic E-state index is 14.4. The van der Waals surface area contributed by atoms with Crippen LogP contribution in [0.2, 0.25) is 0 Å². The highest BCUT2D eigenvalue weighted by molar-refractivity contribution is 7.92. The molecular weight excluding hydrogens is 605 g/mol. The molecule has 0 aliphatic heterocycles. The van der Waals surface area contributed by atoms with Gasteiger partial charge in [-0.3, -0.25) is 13.9 Å². The first-order chi connectivity index (χ1) is 22.2. The highest BCUT2D eigenvalue weighted by Crippen LogP contribution is 2.27. The van der Waals surface area contributed by atoms with Gasteiger partial charge in [0.25, 0.3) is 10.0 Å². The zero-order valence-electron chi connectivity index (χ0n) is 26.1. The van der Waals surface area contributed by atoms with E-state index in [1.54, 1.807) is 12.1 Å². The van der Waals surface area contributed by atoms with Crippen LogP contribution < -0.4 is 14.4 Å². The van der Waals surface area contributed by atoms with E-state index < -0.39 is 34.3 Å². The molecule has 0 heterocycles. The Hall–Kier alpha value is -4.70. The van der Waals surface area contributed by atoms with Crippen molar-refractivity contribution in [1.82, 2.24) is 10.2 Å². The number of nitrogens with zero attached hydrogens (tertiary/aromatic N) is 2. The minimum absolute atomic E-state index is 0.0682. The molecule has 0 aliphatic rings. The third kappa shape index (κ3) is 9.17. The minimum atomic E-state index is -4.32. The predicted octanol–water partition coefficient (Wildman–Crippen LogP) is 5.98. The van der Waals surface area contributed by atoms with Gasteiger partial charge in [0.05, 0.1) is 17.2 Å². The lowest BCUT2D eigenvalue weighted by atomic mass is 10.0. The van der Waals surface area contributed by atoms with E-state index >= 15 is 0 Å². The van der Waals surface area contributed by atoms with Crippen LogP contribution in [0, 0.1) is 5.82 Å². The molecule has 1 unspecified atom stereocenters. The summed E-state index contributed by atoms with van der Waals surface area (Å²) in [5, 5.41) is 2.97. The van der Waals surface area contributed by atoms with Gasteiger partial charge in [0.15, 0.2) is 0 Å². The third-order valence-electron chi connectivity index (χ3n) is 7.41. The third-order valence-corrected chi connectivity index (χ3v) is 9.20. The molecule has 0 bridgehead atoms. The summed E-state index contributed by atoms with van der Waals surface area (Å²) in [5.41, 5.74) is 1.73. The standard InChI is InChI=1S/C36H40FN3O5S/c1-3-5-24-38-36(42)34(25-28-12-8-6-9-13-28)39(26-29-14-10-7-11-15-29)35(41)27-40(31-18-16-30(37)17-19-31)46(43,44)33-22-20-32(21-23-33)45-4-2/h6-23,34H,3-5,24-27H2,1-2H3,(H,38,42). The lowest BCUT2D eigenvalue weighted by Crippen LogP contribution is -2.53. The zero-order valence-corrected chi connectivity index (χ0v) is 27.0. The number of benzene rings is 4. The van der Waals surface area contributed by atoms with Gasteiger partial charge in [0.2, 0.25) is 11.8 Å². The van der Waals surface area contributed by atoms with Crippen LogP contribution in [0.25, 0.3) is 0 Å². The number of hydrogen-bond donors (Lipinski definition) is 1. The molecule has 0 saturated heterocycles. The van der Waals surface area contributed by atoms with E-state index in [9.17, 15) is 22.4 Å². The molecule has 0 saturated carbocycles. The second-order valence-electron chi connectivity index (χ2n) is 10.7. The highest BCUT2D eigenvalue weighted by atomic mass is 32.2. The number of rotatable bonds is 16. The largest absolute Gasteiger partial charge is 0.494 e. The molecular formula is C36H40FN3O5S. The molecule has 8 nitrogen and oxygen atoms in total. The number of carbonyl (C=O) groups is 2. The van der Waals surface area contributed by atoms with Gasteiger partial charge in [0.1, 0.15) is 24.2 Å². The summed E-state index contributed by atoms with van der Waals surface area (Å²) in [6, 6.07) is 28.5. The van der Waals surface area contributed by atoms with Crippen molar-refractivity contribution in [1.29, 1.82) is 0 Å². The molecule has 0 radical (unpaired) electrons. The maximum absolute atomic E-state index is 14.4. The summed E-state index contributed by atoms with van der Waals surface area (Å²) in [6.07, 6.45) is 1.88. The van der Waals surface area contributed by atoms with E-state index in [2.05, 4.69) is 5.32 Å². The Morgan fingerprint density at radius 3 is 2.02 bits per heavy atom. The summed E-state index contributed by atoms with van der Waals surface area (Å²) >= 11 is 0. The number of halogens is 1. The van der Waals surface area contributed by atoms with Crippen molar-refractivity contribution in [2.45, 2.75) is 50.6 Å². The van der Waals surface area contributed by atoms with Gasteiger partial charge in [-0.1, -0.05) is 74.0 Å². The van der Waals surface area contributed by atoms with Crippen LogP contribution in [0.5, 0.6) is 5.75 Å². The number of carbonyl (C=O) groups excluding carboxylic acids is 2. The Bertz CT molecular complexity index is 1650. The lowest BCUT2D eigenvalue weighted by molar-refractivity contribution is -0.140. The average Bonchev–Trinajstić information content (AvgIpc) is 3.07. The minimum Gasteiger partial charge on any atom is -0.494 e. The van der Waals surface area contributed by atoms with E-state index in [0.29, 0.717) is 18.9 Å². The number of ether oxygens (including phenoxy) is 1. The SMILES string of the molecule is CCCCNC(=O)C(Cc1ccccc1)N(Cc1ccccc1)C(=O)CN(c1ccc(F)cc1)S(=O)(=O)c1ccc(OCC)cc1. The summed E-state index contributed by atoms with van der Waals surface area (Å²) in [4.78, 5) is 29.6. The number of anilines is 1. The zero-order chi connectivity index (χ0) is 32.9. The van der Waals surface area contributed by atoms with Crippen LogP contribution in [-0.2, 0) is 32.6 Å². The fraction of sp³-hybridized carbons (Fsp3) is 0.278. The van der Waals surface area contributed by atoms with E-state index in [4.69, 9.17) is 4.74 Å². The van der Waals surface area contributed by atoms with Crippen LogP contribution in [0.4, 0.5) is 10.1 Å². The van der Waals surface area contributed by atoms with Gasteiger partial charge in [0, 0.05) is 19.5 Å². The molecule has 4 rings (SSSR count). The number of sulfonamides is 1. The fourth-order valence-electron chi connectivity index (χ4n) is 4.98. The Morgan fingerprint density at radius 2 is 1.43 bits per heavy atom. The molecule has 4 aromatic carbocycles. The fourth-order valence-corrected chi connectivity index (χ4v) is 6.39. The van der Waals surface area contributed by atoms with Crippen molar-refractivity contribution < 1.29 is 27.1 Å². The van der Waals surface area contributed by atoms with Crippen molar-refractivity contribution in [2.75, 3.05) is 24.0 Å². The first kappa shape index (κ1) is 34.2. The Kier molecular flexibility index (Phi) is 12.3. The summed E-state index contributed by atoms with van der Waals surface area (Å²) in [5.74, 6) is -0.970. The molecule has 4 aromatic rings. The van der Waals surface area contributed by atoms with Gasteiger partial charge >= 0.3 is 0 Å². The number of unbranched alkanes of at least 4 members (excludes halogenated alkanes) is 1. The first-order valence-electron chi connectivity index (χ1n) is 15.4. The van der Waals surface area contributed by atoms with Crippen molar-refractivity contribution >= 4 is 27.5 Å². The summed E-state index contributed by atoms with van der Waals surface area (Å²) < 4.78 is 48.6. The molecule has 1 N–H and O–H groups in total. The van der Waals surface area contributed by atoms with Gasteiger partial charge in [-0.05, 0) is 73.0 Å². The Morgan fingerprint density at radius 1 is 0.826 bits per heavy atom. The second kappa shape index (κ2) is 16.6. The molecule has 0 spiro atoms. The van der Waals surface area contributed by atoms with E-state index in [-0.39, 0.29) is 29.5 Å². The quantitative estimate of drug-likeness (QED) is 0.151. The van der Waals surface area contributed by atoms with Gasteiger partial charge < -0.3 is 15.0 Å². The molecule has 10 heteroatoms. The molecule has 1 atom stereocenters. The average molecular weight is 646 g/mol. The van der Waals surface area contributed by atoms with Crippen molar-refractivity contribution in [3.05, 3.63) is 126 Å². The van der Waals surface area contributed by atoms with E-state index in [1.807, 2.05) is 74.5 Å². The summed E-state index contributed by atoms with van der Waals surface area (Å²) in [7, 11) is -4.32. The topological polar surface area (TPSA) is 96.0 Å². The lowest BCUT2D eigenvalue weighted by Gasteiger charge is -2.34. The maximum Gasteiger partial charge on any atom is 0.264 e. The normalized spacial score (nSPS) is 11.8. The van der Waals surface area contributed by atoms with Crippen LogP contribution >= 0.6 is 0 Å². The number of nitrogens with one attached hydrogen (secondary N) is 1. The van der Waals surface area contributed by atoms with Crippen LogP contribution in [-0.4, -0.2) is 50.9 Å². The first-order valence-corrected chi connectivity index (χ1v) is 16.8.